The standard InChI is InChI=1S/C21H28N4O/c1-16-22-19(21(26)25(2)15-17-10-6-5-7-11-17)14-20(23-16)24-18-12-8-3-4-9-13-18/h5-7,10-11,14,18H,3-4,8-9,12-13,15H2,1-2H3,(H,22,23,24). The molecule has 1 aliphatic carbocycles. The van der Waals surface area contributed by atoms with Crippen LogP contribution in [0.4, 0.5) is 5.82 Å². The molecule has 0 bridgehead atoms. The molecule has 0 aliphatic heterocycles. The number of nitrogens with one attached hydrogen (secondary N) is 1. The van der Waals surface area contributed by atoms with Gasteiger partial charge < -0.3 is 10.2 Å². The van der Waals surface area contributed by atoms with Crippen molar-refractivity contribution in [2.75, 3.05) is 12.4 Å². The van der Waals surface area contributed by atoms with E-state index < -0.39 is 0 Å². The fourth-order valence-corrected chi connectivity index (χ4v) is 3.51. The SMILES string of the molecule is Cc1nc(NC2CCCCCC2)cc(C(=O)N(C)Cc2ccccc2)n1. The number of nitrogens with zero attached hydrogens (tertiary/aromatic N) is 3. The van der Waals surface area contributed by atoms with E-state index in [0.717, 1.165) is 11.4 Å². The molecule has 1 amide bonds. The summed E-state index contributed by atoms with van der Waals surface area (Å²) >= 11 is 0. The molecule has 0 radical (unpaired) electrons. The lowest BCUT2D eigenvalue weighted by molar-refractivity contribution is 0.0779. The molecule has 3 rings (SSSR count). The van der Waals surface area contributed by atoms with Crippen molar-refractivity contribution < 1.29 is 4.79 Å². The van der Waals surface area contributed by atoms with Crippen LogP contribution >= 0.6 is 0 Å². The average Bonchev–Trinajstić information content (AvgIpc) is 2.90. The van der Waals surface area contributed by atoms with Crippen LogP contribution in [-0.2, 0) is 6.54 Å². The van der Waals surface area contributed by atoms with Crippen molar-refractivity contribution in [1.29, 1.82) is 0 Å². The average molecular weight is 352 g/mol. The van der Waals surface area contributed by atoms with Crippen LogP contribution in [-0.4, -0.2) is 33.9 Å². The van der Waals surface area contributed by atoms with E-state index in [1.165, 1.54) is 38.5 Å². The van der Waals surface area contributed by atoms with Gasteiger partial charge in [-0.1, -0.05) is 56.0 Å². The first-order valence-electron chi connectivity index (χ1n) is 9.53. The van der Waals surface area contributed by atoms with Crippen LogP contribution in [0.15, 0.2) is 36.4 Å². The third-order valence-electron chi connectivity index (χ3n) is 4.87. The Morgan fingerprint density at radius 3 is 2.50 bits per heavy atom. The number of hydrogen-bond acceptors (Lipinski definition) is 4. The van der Waals surface area contributed by atoms with Crippen molar-refractivity contribution in [2.45, 2.75) is 58.0 Å². The fraction of sp³-hybridized carbons (Fsp3) is 0.476. The molecule has 1 fully saturated rings. The summed E-state index contributed by atoms with van der Waals surface area (Å²) in [4.78, 5) is 23.4. The van der Waals surface area contributed by atoms with Crippen molar-refractivity contribution in [3.63, 3.8) is 0 Å². The lowest BCUT2D eigenvalue weighted by atomic mass is 10.1. The van der Waals surface area contributed by atoms with E-state index in [0.29, 0.717) is 24.1 Å². The molecule has 26 heavy (non-hydrogen) atoms. The number of aryl methyl sites for hydroxylation is 1. The van der Waals surface area contributed by atoms with Gasteiger partial charge >= 0.3 is 0 Å². The number of anilines is 1. The molecule has 0 atom stereocenters. The van der Waals surface area contributed by atoms with Crippen molar-refractivity contribution in [3.05, 3.63) is 53.5 Å². The molecule has 0 saturated heterocycles. The molecule has 5 nitrogen and oxygen atoms in total. The maximum absolute atomic E-state index is 12.8. The number of aromatic nitrogens is 2. The molecular formula is C21H28N4O. The van der Waals surface area contributed by atoms with Gasteiger partial charge in [0, 0.05) is 25.7 Å². The maximum atomic E-state index is 12.8. The minimum Gasteiger partial charge on any atom is -0.367 e. The van der Waals surface area contributed by atoms with Crippen molar-refractivity contribution in [2.24, 2.45) is 0 Å². The lowest BCUT2D eigenvalue weighted by Crippen LogP contribution is -2.28. The van der Waals surface area contributed by atoms with Crippen LogP contribution in [0.3, 0.4) is 0 Å². The van der Waals surface area contributed by atoms with E-state index in [1.54, 1.807) is 11.0 Å². The molecule has 1 aliphatic rings. The summed E-state index contributed by atoms with van der Waals surface area (Å²) in [5, 5.41) is 3.52. The fourth-order valence-electron chi connectivity index (χ4n) is 3.51. The number of hydrogen-bond donors (Lipinski definition) is 1. The topological polar surface area (TPSA) is 58.1 Å². The van der Waals surface area contributed by atoms with E-state index in [4.69, 9.17) is 0 Å². The molecule has 5 heteroatoms. The summed E-state index contributed by atoms with van der Waals surface area (Å²) in [5.74, 6) is 1.31. The molecule has 0 spiro atoms. The Kier molecular flexibility index (Phi) is 6.21. The zero-order chi connectivity index (χ0) is 18.4. The van der Waals surface area contributed by atoms with E-state index in [9.17, 15) is 4.79 Å². The molecule has 1 aromatic heterocycles. The van der Waals surface area contributed by atoms with E-state index in [1.807, 2.05) is 44.3 Å². The first kappa shape index (κ1) is 18.4. The molecular weight excluding hydrogens is 324 g/mol. The zero-order valence-corrected chi connectivity index (χ0v) is 15.7. The van der Waals surface area contributed by atoms with Gasteiger partial charge in [0.25, 0.3) is 5.91 Å². The second-order valence-electron chi connectivity index (χ2n) is 7.17. The predicted octanol–water partition coefficient (Wildman–Crippen LogP) is 4.19. The van der Waals surface area contributed by atoms with Gasteiger partial charge in [0.2, 0.25) is 0 Å². The highest BCUT2D eigenvalue weighted by molar-refractivity contribution is 5.92. The van der Waals surface area contributed by atoms with Gasteiger partial charge in [-0.2, -0.15) is 0 Å². The molecule has 1 N–H and O–H groups in total. The number of rotatable bonds is 5. The van der Waals surface area contributed by atoms with Crippen LogP contribution in [0.1, 0.15) is 60.4 Å². The second kappa shape index (κ2) is 8.79. The van der Waals surface area contributed by atoms with Gasteiger partial charge in [0.05, 0.1) is 0 Å². The summed E-state index contributed by atoms with van der Waals surface area (Å²) in [6, 6.07) is 12.2. The Balaban J connectivity index is 1.70. The Bertz CT molecular complexity index is 724. The van der Waals surface area contributed by atoms with Crippen LogP contribution in [0, 0.1) is 6.92 Å². The summed E-state index contributed by atoms with van der Waals surface area (Å²) in [7, 11) is 1.81. The minimum absolute atomic E-state index is 0.0803. The molecule has 138 valence electrons. The summed E-state index contributed by atoms with van der Waals surface area (Å²) in [6.07, 6.45) is 7.48. The third-order valence-corrected chi connectivity index (χ3v) is 4.87. The highest BCUT2D eigenvalue weighted by Gasteiger charge is 2.18. The quantitative estimate of drug-likeness (QED) is 0.820. The van der Waals surface area contributed by atoms with Crippen LogP contribution in [0.5, 0.6) is 0 Å². The Hall–Kier alpha value is -2.43. The maximum Gasteiger partial charge on any atom is 0.272 e. The Morgan fingerprint density at radius 1 is 1.12 bits per heavy atom. The lowest BCUT2D eigenvalue weighted by Gasteiger charge is -2.19. The van der Waals surface area contributed by atoms with Crippen molar-refractivity contribution >= 4 is 11.7 Å². The molecule has 1 saturated carbocycles. The van der Waals surface area contributed by atoms with Crippen LogP contribution < -0.4 is 5.32 Å². The van der Waals surface area contributed by atoms with Crippen molar-refractivity contribution in [1.82, 2.24) is 14.9 Å². The predicted molar refractivity (Wildman–Crippen MR) is 104 cm³/mol. The largest absolute Gasteiger partial charge is 0.367 e. The first-order valence-corrected chi connectivity index (χ1v) is 9.53. The smallest absolute Gasteiger partial charge is 0.272 e. The normalized spacial score (nSPS) is 15.3. The zero-order valence-electron chi connectivity index (χ0n) is 15.7. The van der Waals surface area contributed by atoms with Gasteiger partial charge in [-0.05, 0) is 25.3 Å². The van der Waals surface area contributed by atoms with E-state index >= 15 is 0 Å². The number of amides is 1. The summed E-state index contributed by atoms with van der Waals surface area (Å²) in [6.45, 7) is 2.40. The molecule has 2 aromatic rings. The van der Waals surface area contributed by atoms with Gasteiger partial charge in [-0.25, -0.2) is 9.97 Å². The summed E-state index contributed by atoms with van der Waals surface area (Å²) in [5.41, 5.74) is 1.55. The number of carbonyl (C=O) groups excluding carboxylic acids is 1. The van der Waals surface area contributed by atoms with Crippen LogP contribution in [0.25, 0.3) is 0 Å². The van der Waals surface area contributed by atoms with Gasteiger partial charge in [-0.15, -0.1) is 0 Å². The monoisotopic (exact) mass is 352 g/mol. The molecule has 1 heterocycles. The number of benzene rings is 1. The van der Waals surface area contributed by atoms with Gasteiger partial charge in [-0.3, -0.25) is 4.79 Å². The minimum atomic E-state index is -0.0803. The Labute approximate surface area is 155 Å². The van der Waals surface area contributed by atoms with Gasteiger partial charge in [0.15, 0.2) is 0 Å². The molecule has 0 unspecified atom stereocenters. The highest BCUT2D eigenvalue weighted by atomic mass is 16.2. The van der Waals surface area contributed by atoms with Crippen LogP contribution in [0.2, 0.25) is 0 Å². The third kappa shape index (κ3) is 5.04. The van der Waals surface area contributed by atoms with Gasteiger partial charge in [0.1, 0.15) is 17.3 Å². The second-order valence-corrected chi connectivity index (χ2v) is 7.17. The number of carbonyl (C=O) groups is 1. The molecule has 1 aromatic carbocycles. The van der Waals surface area contributed by atoms with E-state index in [-0.39, 0.29) is 5.91 Å². The first-order chi connectivity index (χ1) is 12.6. The summed E-state index contributed by atoms with van der Waals surface area (Å²) < 4.78 is 0. The van der Waals surface area contributed by atoms with E-state index in [2.05, 4.69) is 15.3 Å². The van der Waals surface area contributed by atoms with Crippen molar-refractivity contribution in [3.8, 4) is 0 Å². The Morgan fingerprint density at radius 2 is 1.81 bits per heavy atom. The highest BCUT2D eigenvalue weighted by Crippen LogP contribution is 2.21.